The molecule has 1 N–H and O–H groups in total. The predicted molar refractivity (Wildman–Crippen MR) is 102 cm³/mol. The molecule has 0 aromatic heterocycles. The minimum Gasteiger partial charge on any atom is -0.478 e. The highest BCUT2D eigenvalue weighted by Crippen LogP contribution is 2.34. The molecule has 0 heterocycles. The molecule has 2 nitrogen and oxygen atoms in total. The molecule has 0 fully saturated rings. The van der Waals surface area contributed by atoms with E-state index in [0.717, 1.165) is 33.0 Å². The average molecular weight is 324 g/mol. The van der Waals surface area contributed by atoms with Gasteiger partial charge in [-0.25, -0.2) is 4.79 Å². The maximum atomic E-state index is 11.8. The Kier molecular flexibility index (Phi) is 3.79. The largest absolute Gasteiger partial charge is 0.478 e. The molecule has 0 aliphatic rings. The molecule has 0 atom stereocenters. The van der Waals surface area contributed by atoms with Crippen LogP contribution in [-0.4, -0.2) is 11.1 Å². The number of carboxylic acid groups (broad SMARTS) is 1. The molecule has 0 amide bonds. The number of rotatable bonds is 3. The van der Waals surface area contributed by atoms with Gasteiger partial charge in [-0.05, 0) is 45.2 Å². The van der Waals surface area contributed by atoms with Gasteiger partial charge in [0, 0.05) is 0 Å². The zero-order valence-electron chi connectivity index (χ0n) is 13.5. The Hall–Kier alpha value is -3.39. The van der Waals surface area contributed by atoms with Gasteiger partial charge >= 0.3 is 5.97 Å². The summed E-state index contributed by atoms with van der Waals surface area (Å²) >= 11 is 0. The van der Waals surface area contributed by atoms with Gasteiger partial charge in [-0.2, -0.15) is 0 Å². The van der Waals surface area contributed by atoms with E-state index in [1.54, 1.807) is 6.07 Å². The maximum Gasteiger partial charge on any atom is 0.336 e. The standard InChI is InChI=1S/C23H16O2/c24-23(25)22-14-18-12-7-13-19(16-8-3-1-4-9-16)21(18)15-20(22)17-10-5-2-6-11-17/h1-15H,(H,24,25). The van der Waals surface area contributed by atoms with Crippen molar-refractivity contribution < 1.29 is 9.90 Å². The predicted octanol–water partition coefficient (Wildman–Crippen LogP) is 5.87. The van der Waals surface area contributed by atoms with Gasteiger partial charge in [-0.1, -0.05) is 78.9 Å². The molecule has 0 unspecified atom stereocenters. The monoisotopic (exact) mass is 324 g/mol. The molecule has 4 aromatic rings. The Morgan fingerprint density at radius 3 is 1.84 bits per heavy atom. The van der Waals surface area contributed by atoms with Crippen LogP contribution >= 0.6 is 0 Å². The number of hydrogen-bond donors (Lipinski definition) is 1. The maximum absolute atomic E-state index is 11.8. The summed E-state index contributed by atoms with van der Waals surface area (Å²) in [6.07, 6.45) is 0. The zero-order valence-corrected chi connectivity index (χ0v) is 13.5. The highest BCUT2D eigenvalue weighted by molar-refractivity contribution is 6.06. The summed E-state index contributed by atoms with van der Waals surface area (Å²) < 4.78 is 0. The van der Waals surface area contributed by atoms with Crippen LogP contribution in [0.25, 0.3) is 33.0 Å². The summed E-state index contributed by atoms with van der Waals surface area (Å²) in [5.41, 5.74) is 4.19. The molecule has 0 aliphatic heterocycles. The fourth-order valence-corrected chi connectivity index (χ4v) is 3.23. The van der Waals surface area contributed by atoms with Gasteiger partial charge in [0.05, 0.1) is 5.56 Å². The number of fused-ring (bicyclic) bond motifs is 1. The molecule has 0 spiro atoms. The second-order valence-electron chi connectivity index (χ2n) is 5.96. The van der Waals surface area contributed by atoms with Crippen molar-refractivity contribution in [2.75, 3.05) is 0 Å². The van der Waals surface area contributed by atoms with Crippen molar-refractivity contribution in [2.24, 2.45) is 0 Å². The number of carbonyl (C=O) groups is 1. The van der Waals surface area contributed by atoms with E-state index in [-0.39, 0.29) is 0 Å². The topological polar surface area (TPSA) is 37.3 Å². The molecule has 0 saturated heterocycles. The normalized spacial score (nSPS) is 10.7. The first-order valence-corrected chi connectivity index (χ1v) is 8.15. The van der Waals surface area contributed by atoms with Gasteiger partial charge in [-0.3, -0.25) is 0 Å². The first kappa shape index (κ1) is 15.2. The van der Waals surface area contributed by atoms with Gasteiger partial charge < -0.3 is 5.11 Å². The highest BCUT2D eigenvalue weighted by Gasteiger charge is 2.15. The summed E-state index contributed by atoms with van der Waals surface area (Å²) in [6, 6.07) is 29.6. The summed E-state index contributed by atoms with van der Waals surface area (Å²) in [4.78, 5) is 11.8. The van der Waals surface area contributed by atoms with Crippen LogP contribution in [0.3, 0.4) is 0 Å². The Bertz CT molecular complexity index is 1050. The van der Waals surface area contributed by atoms with Crippen molar-refractivity contribution in [3.05, 3.63) is 96.6 Å². The van der Waals surface area contributed by atoms with E-state index >= 15 is 0 Å². The van der Waals surface area contributed by atoms with Crippen molar-refractivity contribution >= 4 is 16.7 Å². The highest BCUT2D eigenvalue weighted by atomic mass is 16.4. The fraction of sp³-hybridized carbons (Fsp3) is 0. The zero-order chi connectivity index (χ0) is 17.2. The SMILES string of the molecule is O=C(O)c1cc2cccc(-c3ccccc3)c2cc1-c1ccccc1. The van der Waals surface area contributed by atoms with E-state index in [2.05, 4.69) is 18.2 Å². The van der Waals surface area contributed by atoms with Crippen LogP contribution in [0.2, 0.25) is 0 Å². The molecule has 2 heteroatoms. The molecule has 4 aromatic carbocycles. The van der Waals surface area contributed by atoms with Crippen LogP contribution in [0, 0.1) is 0 Å². The Morgan fingerprint density at radius 1 is 0.640 bits per heavy atom. The van der Waals surface area contributed by atoms with Gasteiger partial charge in [0.15, 0.2) is 0 Å². The second kappa shape index (κ2) is 6.25. The number of hydrogen-bond acceptors (Lipinski definition) is 1. The summed E-state index contributed by atoms with van der Waals surface area (Å²) in [7, 11) is 0. The van der Waals surface area contributed by atoms with Crippen LogP contribution in [-0.2, 0) is 0 Å². The minimum absolute atomic E-state index is 0.323. The third kappa shape index (κ3) is 2.79. The third-order valence-electron chi connectivity index (χ3n) is 4.42. The van der Waals surface area contributed by atoms with Crippen LogP contribution in [0.4, 0.5) is 0 Å². The van der Waals surface area contributed by atoms with E-state index in [4.69, 9.17) is 0 Å². The van der Waals surface area contributed by atoms with Gasteiger partial charge in [0.2, 0.25) is 0 Å². The molecule has 4 rings (SSSR count). The molecule has 120 valence electrons. The van der Waals surface area contributed by atoms with Crippen molar-refractivity contribution in [3.63, 3.8) is 0 Å². The Labute approximate surface area is 146 Å². The number of aromatic carboxylic acids is 1. The molecule has 0 aliphatic carbocycles. The molecular weight excluding hydrogens is 308 g/mol. The third-order valence-corrected chi connectivity index (χ3v) is 4.42. The van der Waals surface area contributed by atoms with E-state index in [1.165, 1.54) is 0 Å². The van der Waals surface area contributed by atoms with Crippen LogP contribution in [0.1, 0.15) is 10.4 Å². The lowest BCUT2D eigenvalue weighted by atomic mass is 9.91. The molecular formula is C23H16O2. The average Bonchev–Trinajstić information content (AvgIpc) is 2.67. The van der Waals surface area contributed by atoms with Crippen molar-refractivity contribution in [1.82, 2.24) is 0 Å². The summed E-state index contributed by atoms with van der Waals surface area (Å²) in [5.74, 6) is -0.911. The van der Waals surface area contributed by atoms with Gasteiger partial charge in [0.1, 0.15) is 0 Å². The lowest BCUT2D eigenvalue weighted by Crippen LogP contribution is -2.00. The smallest absolute Gasteiger partial charge is 0.336 e. The molecule has 0 radical (unpaired) electrons. The van der Waals surface area contributed by atoms with Crippen molar-refractivity contribution in [3.8, 4) is 22.3 Å². The van der Waals surface area contributed by atoms with E-state index in [0.29, 0.717) is 5.56 Å². The minimum atomic E-state index is -0.911. The number of benzene rings is 4. The quantitative estimate of drug-likeness (QED) is 0.511. The van der Waals surface area contributed by atoms with Crippen molar-refractivity contribution in [1.29, 1.82) is 0 Å². The Morgan fingerprint density at radius 2 is 1.24 bits per heavy atom. The van der Waals surface area contributed by atoms with E-state index < -0.39 is 5.97 Å². The van der Waals surface area contributed by atoms with Crippen LogP contribution < -0.4 is 0 Å². The summed E-state index contributed by atoms with van der Waals surface area (Å²) in [5, 5.41) is 11.7. The second-order valence-corrected chi connectivity index (χ2v) is 5.96. The van der Waals surface area contributed by atoms with E-state index in [1.807, 2.05) is 66.7 Å². The first-order chi connectivity index (χ1) is 12.2. The fourth-order valence-electron chi connectivity index (χ4n) is 3.23. The lowest BCUT2D eigenvalue weighted by molar-refractivity contribution is 0.0698. The van der Waals surface area contributed by atoms with Crippen LogP contribution in [0.5, 0.6) is 0 Å². The van der Waals surface area contributed by atoms with Crippen molar-refractivity contribution in [2.45, 2.75) is 0 Å². The van der Waals surface area contributed by atoms with Gasteiger partial charge in [0.25, 0.3) is 0 Å². The summed E-state index contributed by atoms with van der Waals surface area (Å²) in [6.45, 7) is 0. The van der Waals surface area contributed by atoms with Gasteiger partial charge in [-0.15, -0.1) is 0 Å². The molecule has 0 bridgehead atoms. The Balaban J connectivity index is 2.04. The van der Waals surface area contributed by atoms with Crippen LogP contribution in [0.15, 0.2) is 91.0 Å². The molecule has 25 heavy (non-hydrogen) atoms. The lowest BCUT2D eigenvalue weighted by Gasteiger charge is -2.12. The molecule has 0 saturated carbocycles. The van der Waals surface area contributed by atoms with E-state index in [9.17, 15) is 9.90 Å². The first-order valence-electron chi connectivity index (χ1n) is 8.15. The number of carboxylic acids is 1.